The summed E-state index contributed by atoms with van der Waals surface area (Å²) in [6, 6.07) is 9.86. The molecule has 0 bridgehead atoms. The average Bonchev–Trinajstić information content (AvgIpc) is 3.15. The molecule has 0 aliphatic rings. The molecule has 1 N–H and O–H groups in total. The number of aryl methyl sites for hydroxylation is 1. The largest absolute Gasteiger partial charge is 0.365 e. The average molecular weight is 338 g/mol. The zero-order valence-corrected chi connectivity index (χ0v) is 14.4. The molecule has 0 atom stereocenters. The first kappa shape index (κ1) is 15.8. The molecule has 0 fully saturated rings. The van der Waals surface area contributed by atoms with Crippen LogP contribution in [-0.4, -0.2) is 16.7 Å². The summed E-state index contributed by atoms with van der Waals surface area (Å²) < 4.78 is 3.57. The van der Waals surface area contributed by atoms with Gasteiger partial charge in [-0.25, -0.2) is 9.83 Å². The summed E-state index contributed by atoms with van der Waals surface area (Å²) in [7, 11) is 5.52. The van der Waals surface area contributed by atoms with E-state index in [-0.39, 0.29) is 0 Å². The molecule has 0 saturated heterocycles. The fourth-order valence-corrected chi connectivity index (χ4v) is 2.96. The molecule has 0 amide bonds. The monoisotopic (exact) mass is 338 g/mol. The zero-order chi connectivity index (χ0) is 17.1. The second-order valence-electron chi connectivity index (χ2n) is 5.04. The van der Waals surface area contributed by atoms with Crippen LogP contribution in [0.15, 0.2) is 46.8 Å². The van der Waals surface area contributed by atoms with E-state index in [2.05, 4.69) is 25.4 Å². The Balaban J connectivity index is 2.05. The lowest BCUT2D eigenvalue weighted by Crippen LogP contribution is -2.35. The first-order valence-electron chi connectivity index (χ1n) is 7.23. The first-order chi connectivity index (χ1) is 11.6. The van der Waals surface area contributed by atoms with Crippen molar-refractivity contribution in [3.63, 3.8) is 0 Å². The number of benzene rings is 1. The minimum Gasteiger partial charge on any atom is -0.365 e. The third-order valence-corrected chi connectivity index (χ3v) is 4.50. The van der Waals surface area contributed by atoms with Gasteiger partial charge in [-0.1, -0.05) is 41.7 Å². The van der Waals surface area contributed by atoms with E-state index < -0.39 is 0 Å². The van der Waals surface area contributed by atoms with Gasteiger partial charge < -0.3 is 5.32 Å². The Labute approximate surface area is 143 Å². The van der Waals surface area contributed by atoms with Crippen LogP contribution in [0.1, 0.15) is 0 Å². The van der Waals surface area contributed by atoms with E-state index >= 15 is 0 Å². The van der Waals surface area contributed by atoms with Gasteiger partial charge in [0.25, 0.3) is 5.69 Å². The van der Waals surface area contributed by atoms with E-state index in [9.17, 15) is 0 Å². The molecule has 0 radical (unpaired) electrons. The normalized spacial score (nSPS) is 10.9. The van der Waals surface area contributed by atoms with E-state index in [1.165, 1.54) is 11.3 Å². The van der Waals surface area contributed by atoms with Crippen molar-refractivity contribution >= 4 is 33.0 Å². The molecule has 120 valence electrons. The Kier molecular flexibility index (Phi) is 4.35. The fourth-order valence-electron chi connectivity index (χ4n) is 2.19. The number of hydrogen-bond donors (Lipinski definition) is 1. The molecule has 0 aliphatic carbocycles. The highest BCUT2D eigenvalue weighted by molar-refractivity contribution is 7.19. The lowest BCUT2D eigenvalue weighted by atomic mass is 10.2. The number of thiazole rings is 1. The van der Waals surface area contributed by atoms with Gasteiger partial charge in [-0.3, -0.25) is 0 Å². The predicted octanol–water partition coefficient (Wildman–Crippen LogP) is 3.98. The van der Waals surface area contributed by atoms with E-state index in [4.69, 9.17) is 6.57 Å². The summed E-state index contributed by atoms with van der Waals surface area (Å²) in [5.41, 5.74) is 2.21. The Morgan fingerprint density at radius 2 is 2.04 bits per heavy atom. The van der Waals surface area contributed by atoms with Crippen LogP contribution in [0, 0.1) is 6.57 Å². The molecule has 2 heterocycles. The number of aromatic nitrogens is 3. The highest BCUT2D eigenvalue weighted by atomic mass is 32.1. The number of azo groups is 1. The molecule has 24 heavy (non-hydrogen) atoms. The van der Waals surface area contributed by atoms with Gasteiger partial charge >= 0.3 is 0 Å². The molecule has 3 aromatic rings. The number of rotatable bonds is 4. The molecule has 0 aliphatic heterocycles. The number of nitrogens with one attached hydrogen (secondary N) is 1. The topological polar surface area (TPSA) is 62.8 Å². The van der Waals surface area contributed by atoms with Crippen molar-refractivity contribution in [1.82, 2.24) is 9.67 Å². The summed E-state index contributed by atoms with van der Waals surface area (Å²) in [6.45, 7) is 7.27. The zero-order valence-electron chi connectivity index (χ0n) is 13.6. The van der Waals surface area contributed by atoms with Crippen molar-refractivity contribution in [2.75, 3.05) is 12.4 Å². The van der Waals surface area contributed by atoms with Crippen LogP contribution < -0.4 is 10.00 Å². The standard InChI is InChI=1S/C16H15N7S/c1-17-12-10-22(3)23(4)14(12)20-21-15-13(19-16(18-2)24-15)11-8-6-5-7-9-11/h5-10H,2-4H3/p+1. The Bertz CT molecular complexity index is 931. The Morgan fingerprint density at radius 1 is 1.29 bits per heavy atom. The molecule has 7 nitrogen and oxygen atoms in total. The highest BCUT2D eigenvalue weighted by Crippen LogP contribution is 2.39. The number of hydrogen-bond acceptors (Lipinski definition) is 5. The molecular formula is C16H16N7S+. The van der Waals surface area contributed by atoms with Crippen LogP contribution in [0.4, 0.5) is 21.6 Å². The third-order valence-electron chi connectivity index (χ3n) is 3.54. The summed E-state index contributed by atoms with van der Waals surface area (Å²) >= 11 is 1.42. The van der Waals surface area contributed by atoms with Crippen LogP contribution in [0.3, 0.4) is 0 Å². The summed E-state index contributed by atoms with van der Waals surface area (Å²) in [5, 5.41) is 13.2. The lowest BCUT2D eigenvalue weighted by molar-refractivity contribution is -0.749. The van der Waals surface area contributed by atoms with Crippen molar-refractivity contribution in [1.29, 1.82) is 0 Å². The lowest BCUT2D eigenvalue weighted by Gasteiger charge is -1.97. The second-order valence-corrected chi connectivity index (χ2v) is 6.01. The first-order valence-corrected chi connectivity index (χ1v) is 8.04. The third kappa shape index (κ3) is 2.89. The number of anilines is 1. The Hall–Kier alpha value is -3.05. The maximum absolute atomic E-state index is 7.27. The van der Waals surface area contributed by atoms with Gasteiger partial charge in [0.2, 0.25) is 12.0 Å². The van der Waals surface area contributed by atoms with Crippen molar-refractivity contribution in [2.24, 2.45) is 24.3 Å². The van der Waals surface area contributed by atoms with Gasteiger partial charge in [0.05, 0.1) is 13.6 Å². The van der Waals surface area contributed by atoms with Crippen molar-refractivity contribution in [2.45, 2.75) is 0 Å². The molecule has 0 saturated carbocycles. The fraction of sp³-hybridized carbons (Fsp3) is 0.188. The molecule has 3 rings (SSSR count). The van der Waals surface area contributed by atoms with Crippen LogP contribution in [-0.2, 0) is 14.1 Å². The quantitative estimate of drug-likeness (QED) is 0.444. The van der Waals surface area contributed by atoms with Crippen LogP contribution in [0.5, 0.6) is 0 Å². The summed E-state index contributed by atoms with van der Waals surface area (Å²) in [6.07, 6.45) is 1.73. The predicted molar refractivity (Wildman–Crippen MR) is 94.1 cm³/mol. The Morgan fingerprint density at radius 3 is 2.71 bits per heavy atom. The maximum Gasteiger partial charge on any atom is 0.300 e. The molecular weight excluding hydrogens is 322 g/mol. The van der Waals surface area contributed by atoms with E-state index in [1.807, 2.05) is 51.5 Å². The van der Waals surface area contributed by atoms with Gasteiger partial charge in [0.1, 0.15) is 5.69 Å². The van der Waals surface area contributed by atoms with E-state index in [1.54, 1.807) is 15.6 Å². The van der Waals surface area contributed by atoms with Crippen molar-refractivity contribution in [3.05, 3.63) is 47.9 Å². The summed E-state index contributed by atoms with van der Waals surface area (Å²) in [4.78, 5) is 8.06. The highest BCUT2D eigenvalue weighted by Gasteiger charge is 2.18. The second kappa shape index (κ2) is 6.60. The number of nitrogens with zero attached hydrogens (tertiary/aromatic N) is 6. The van der Waals surface area contributed by atoms with Crippen LogP contribution in [0.25, 0.3) is 16.1 Å². The minimum atomic E-state index is 0.461. The molecule has 2 aromatic heterocycles. The minimum absolute atomic E-state index is 0.461. The van der Waals surface area contributed by atoms with Crippen LogP contribution >= 0.6 is 11.3 Å². The van der Waals surface area contributed by atoms with E-state index in [0.29, 0.717) is 16.5 Å². The van der Waals surface area contributed by atoms with Gasteiger partial charge in [0, 0.05) is 12.6 Å². The van der Waals surface area contributed by atoms with Crippen LogP contribution in [0.2, 0.25) is 0 Å². The SMILES string of the molecule is [C-]#[N+]c1c[n+](C)n(C)c1N=Nc1sc(NC)nc1-c1ccccc1. The van der Waals surface area contributed by atoms with E-state index in [0.717, 1.165) is 16.4 Å². The van der Waals surface area contributed by atoms with Gasteiger partial charge in [-0.15, -0.1) is 19.6 Å². The summed E-state index contributed by atoms with van der Waals surface area (Å²) in [5.74, 6) is 0.519. The van der Waals surface area contributed by atoms with Crippen molar-refractivity contribution in [3.8, 4) is 11.3 Å². The molecule has 0 unspecified atom stereocenters. The van der Waals surface area contributed by atoms with Crippen molar-refractivity contribution < 1.29 is 4.68 Å². The molecule has 8 heteroatoms. The molecule has 0 spiro atoms. The maximum atomic E-state index is 7.27. The van der Waals surface area contributed by atoms with Gasteiger partial charge in [-0.05, 0) is 0 Å². The molecule has 1 aromatic carbocycles. The van der Waals surface area contributed by atoms with Gasteiger partial charge in [-0.2, -0.15) is 0 Å². The smallest absolute Gasteiger partial charge is 0.300 e. The van der Waals surface area contributed by atoms with Gasteiger partial charge in [0.15, 0.2) is 17.2 Å².